The molecule has 0 aromatic heterocycles. The average Bonchev–Trinajstić information content (AvgIpc) is 2.15. The Morgan fingerprint density at radius 2 is 1.88 bits per heavy atom. The SMILES string of the molecule is CC(C)(C)N(C(=O)O)C(=O)N1CCCCC1=O. The van der Waals surface area contributed by atoms with Gasteiger partial charge in [0.25, 0.3) is 0 Å². The molecule has 17 heavy (non-hydrogen) atoms. The van der Waals surface area contributed by atoms with Gasteiger partial charge in [0, 0.05) is 18.5 Å². The number of piperidine rings is 1. The maximum absolute atomic E-state index is 12.0. The number of imide groups is 2. The molecule has 4 amide bonds. The number of hydrogen-bond donors (Lipinski definition) is 1. The largest absolute Gasteiger partial charge is 0.465 e. The predicted octanol–water partition coefficient (Wildman–Crippen LogP) is 1.90. The molecule has 0 aromatic carbocycles. The minimum atomic E-state index is -1.33. The van der Waals surface area contributed by atoms with E-state index >= 15 is 0 Å². The molecular formula is C11H18N2O4. The molecule has 0 aliphatic carbocycles. The molecule has 1 aliphatic heterocycles. The molecule has 0 spiro atoms. The van der Waals surface area contributed by atoms with Crippen molar-refractivity contribution in [1.29, 1.82) is 0 Å². The topological polar surface area (TPSA) is 77.9 Å². The van der Waals surface area contributed by atoms with E-state index in [4.69, 9.17) is 5.11 Å². The molecule has 0 radical (unpaired) electrons. The van der Waals surface area contributed by atoms with E-state index in [9.17, 15) is 14.4 Å². The third-order valence-electron chi connectivity index (χ3n) is 2.61. The molecule has 96 valence electrons. The second kappa shape index (κ2) is 4.73. The van der Waals surface area contributed by atoms with Gasteiger partial charge >= 0.3 is 12.1 Å². The lowest BCUT2D eigenvalue weighted by Gasteiger charge is -2.36. The molecular weight excluding hydrogens is 224 g/mol. The first-order valence-electron chi connectivity index (χ1n) is 5.62. The first-order chi connectivity index (χ1) is 7.75. The summed E-state index contributed by atoms with van der Waals surface area (Å²) in [6, 6.07) is -0.741. The highest BCUT2D eigenvalue weighted by atomic mass is 16.4. The third kappa shape index (κ3) is 2.95. The van der Waals surface area contributed by atoms with Gasteiger partial charge in [0.2, 0.25) is 5.91 Å². The zero-order valence-corrected chi connectivity index (χ0v) is 10.4. The van der Waals surface area contributed by atoms with Crippen LogP contribution in [0.1, 0.15) is 40.0 Å². The van der Waals surface area contributed by atoms with Crippen LogP contribution in [-0.4, -0.2) is 45.0 Å². The quantitative estimate of drug-likeness (QED) is 0.703. The summed E-state index contributed by atoms with van der Waals surface area (Å²) < 4.78 is 0. The number of nitrogens with zero attached hydrogens (tertiary/aromatic N) is 2. The van der Waals surface area contributed by atoms with Gasteiger partial charge in [0.05, 0.1) is 0 Å². The molecule has 1 rings (SSSR count). The minimum Gasteiger partial charge on any atom is -0.465 e. The Kier molecular flexibility index (Phi) is 3.75. The first kappa shape index (κ1) is 13.5. The van der Waals surface area contributed by atoms with Gasteiger partial charge in [-0.15, -0.1) is 0 Å². The molecule has 6 nitrogen and oxygen atoms in total. The summed E-state index contributed by atoms with van der Waals surface area (Å²) in [5, 5.41) is 9.06. The highest BCUT2D eigenvalue weighted by molar-refractivity contribution is 6.00. The number of likely N-dealkylation sites (tertiary alicyclic amines) is 1. The molecule has 0 bridgehead atoms. The van der Waals surface area contributed by atoms with E-state index < -0.39 is 17.7 Å². The van der Waals surface area contributed by atoms with Crippen LogP contribution >= 0.6 is 0 Å². The molecule has 0 unspecified atom stereocenters. The highest BCUT2D eigenvalue weighted by Crippen LogP contribution is 2.19. The summed E-state index contributed by atoms with van der Waals surface area (Å²) >= 11 is 0. The predicted molar refractivity (Wildman–Crippen MR) is 60.6 cm³/mol. The second-order valence-corrected chi connectivity index (χ2v) is 5.07. The minimum absolute atomic E-state index is 0.295. The van der Waals surface area contributed by atoms with Crippen LogP contribution in [0.5, 0.6) is 0 Å². The van der Waals surface area contributed by atoms with Crippen molar-refractivity contribution in [2.45, 2.75) is 45.6 Å². The molecule has 1 fully saturated rings. The molecule has 1 saturated heterocycles. The number of carboxylic acid groups (broad SMARTS) is 1. The monoisotopic (exact) mass is 242 g/mol. The van der Waals surface area contributed by atoms with E-state index in [1.54, 1.807) is 20.8 Å². The van der Waals surface area contributed by atoms with Crippen molar-refractivity contribution in [2.75, 3.05) is 6.54 Å². The Hall–Kier alpha value is -1.59. The Balaban J connectivity index is 2.92. The normalized spacial score (nSPS) is 16.9. The van der Waals surface area contributed by atoms with E-state index in [0.29, 0.717) is 17.9 Å². The van der Waals surface area contributed by atoms with Crippen LogP contribution in [0, 0.1) is 0 Å². The number of carbonyl (C=O) groups excluding carboxylic acids is 2. The van der Waals surface area contributed by atoms with Crippen LogP contribution in [0.3, 0.4) is 0 Å². The zero-order chi connectivity index (χ0) is 13.2. The standard InChI is InChI=1S/C11H18N2O4/c1-11(2,3)13(10(16)17)9(15)12-7-5-4-6-8(12)14/h4-7H2,1-3H3,(H,16,17). The first-order valence-corrected chi connectivity index (χ1v) is 5.62. The van der Waals surface area contributed by atoms with Crippen molar-refractivity contribution in [3.8, 4) is 0 Å². The van der Waals surface area contributed by atoms with Gasteiger partial charge < -0.3 is 5.11 Å². The van der Waals surface area contributed by atoms with E-state index in [1.807, 2.05) is 0 Å². The molecule has 1 N–H and O–H groups in total. The lowest BCUT2D eigenvalue weighted by atomic mass is 10.1. The summed E-state index contributed by atoms with van der Waals surface area (Å²) in [6.45, 7) is 5.16. The molecule has 0 saturated carbocycles. The Morgan fingerprint density at radius 3 is 2.29 bits per heavy atom. The van der Waals surface area contributed by atoms with Crippen LogP contribution in [0.2, 0.25) is 0 Å². The van der Waals surface area contributed by atoms with E-state index in [2.05, 4.69) is 0 Å². The third-order valence-corrected chi connectivity index (χ3v) is 2.61. The number of hydrogen-bond acceptors (Lipinski definition) is 3. The summed E-state index contributed by atoms with van der Waals surface area (Å²) in [5.74, 6) is -0.295. The maximum Gasteiger partial charge on any atom is 0.416 e. The lowest BCUT2D eigenvalue weighted by Crippen LogP contribution is -2.56. The van der Waals surface area contributed by atoms with Gasteiger partial charge in [0.1, 0.15) is 0 Å². The fourth-order valence-electron chi connectivity index (χ4n) is 1.78. The van der Waals surface area contributed by atoms with Crippen LogP contribution < -0.4 is 0 Å². The van der Waals surface area contributed by atoms with Crippen LogP contribution in [-0.2, 0) is 4.79 Å². The van der Waals surface area contributed by atoms with Gasteiger partial charge in [-0.2, -0.15) is 0 Å². The van der Waals surface area contributed by atoms with Gasteiger partial charge in [-0.05, 0) is 33.6 Å². The van der Waals surface area contributed by atoms with Gasteiger partial charge in [0.15, 0.2) is 0 Å². The van der Waals surface area contributed by atoms with Crippen molar-refractivity contribution in [2.24, 2.45) is 0 Å². The summed E-state index contributed by atoms with van der Waals surface area (Å²) in [4.78, 5) is 36.5. The van der Waals surface area contributed by atoms with Crippen molar-refractivity contribution < 1.29 is 19.5 Å². The second-order valence-electron chi connectivity index (χ2n) is 5.07. The van der Waals surface area contributed by atoms with Crippen LogP contribution in [0.25, 0.3) is 0 Å². The lowest BCUT2D eigenvalue weighted by molar-refractivity contribution is -0.130. The van der Waals surface area contributed by atoms with Crippen molar-refractivity contribution in [3.05, 3.63) is 0 Å². The summed E-state index contributed by atoms with van der Waals surface area (Å²) in [7, 11) is 0. The number of amides is 4. The number of carbonyl (C=O) groups is 3. The van der Waals surface area contributed by atoms with Crippen LogP contribution in [0.4, 0.5) is 9.59 Å². The maximum atomic E-state index is 12.0. The smallest absolute Gasteiger partial charge is 0.416 e. The fraction of sp³-hybridized carbons (Fsp3) is 0.727. The summed E-state index contributed by atoms with van der Waals surface area (Å²) in [5.41, 5.74) is -0.860. The number of urea groups is 1. The Bertz CT molecular complexity index is 346. The van der Waals surface area contributed by atoms with Gasteiger partial charge in [-0.1, -0.05) is 0 Å². The van der Waals surface area contributed by atoms with Gasteiger partial charge in [-0.3, -0.25) is 9.69 Å². The van der Waals surface area contributed by atoms with E-state index in [0.717, 1.165) is 17.7 Å². The fourth-order valence-corrected chi connectivity index (χ4v) is 1.78. The number of rotatable bonds is 0. The highest BCUT2D eigenvalue weighted by Gasteiger charge is 2.38. The molecule has 0 atom stereocenters. The zero-order valence-electron chi connectivity index (χ0n) is 10.4. The van der Waals surface area contributed by atoms with Crippen molar-refractivity contribution in [3.63, 3.8) is 0 Å². The molecule has 6 heteroatoms. The Labute approximate surface area is 100 Å². The molecule has 1 aliphatic rings. The molecule has 0 aromatic rings. The van der Waals surface area contributed by atoms with Crippen molar-refractivity contribution in [1.82, 2.24) is 9.80 Å². The summed E-state index contributed by atoms with van der Waals surface area (Å²) in [6.07, 6.45) is 0.463. The van der Waals surface area contributed by atoms with Gasteiger partial charge in [-0.25, -0.2) is 14.5 Å². The van der Waals surface area contributed by atoms with E-state index in [-0.39, 0.29) is 5.91 Å². The molecule has 1 heterocycles. The van der Waals surface area contributed by atoms with Crippen LogP contribution in [0.15, 0.2) is 0 Å². The Morgan fingerprint density at radius 1 is 1.29 bits per heavy atom. The van der Waals surface area contributed by atoms with E-state index in [1.165, 1.54) is 0 Å². The average molecular weight is 242 g/mol. The van der Waals surface area contributed by atoms with Crippen molar-refractivity contribution >= 4 is 18.0 Å².